The number of guanidine groups is 1. The quantitative estimate of drug-likeness (QED) is 0.165. The molecule has 0 saturated heterocycles. The third kappa shape index (κ3) is 7.11. The lowest BCUT2D eigenvalue weighted by molar-refractivity contribution is 0.0975. The number of carbonyl (C=O) groups is 2. The first-order chi connectivity index (χ1) is 16.6. The second kappa shape index (κ2) is 11.1. The smallest absolute Gasteiger partial charge is 0.322 e. The van der Waals surface area contributed by atoms with Gasteiger partial charge in [0.1, 0.15) is 0 Å². The molecule has 0 aromatic heterocycles. The van der Waals surface area contributed by atoms with Crippen LogP contribution in [-0.2, 0) is 6.54 Å². The third-order valence-corrected chi connectivity index (χ3v) is 6.67. The lowest BCUT2D eigenvalue weighted by Gasteiger charge is -2.41. The van der Waals surface area contributed by atoms with Crippen LogP contribution in [0.15, 0.2) is 53.6 Å². The predicted octanol–water partition coefficient (Wildman–Crippen LogP) is 5.60. The van der Waals surface area contributed by atoms with Crippen LogP contribution in [0.2, 0.25) is 0 Å². The molecule has 3 rings (SSSR count). The van der Waals surface area contributed by atoms with E-state index in [-0.39, 0.29) is 17.5 Å². The fourth-order valence-electron chi connectivity index (χ4n) is 4.60. The van der Waals surface area contributed by atoms with Gasteiger partial charge < -0.3 is 16.0 Å². The number of hydrogen-bond donors (Lipinski definition) is 5. The number of urea groups is 1. The van der Waals surface area contributed by atoms with Gasteiger partial charge in [-0.25, -0.2) is 10.3 Å². The van der Waals surface area contributed by atoms with Crippen molar-refractivity contribution in [3.63, 3.8) is 0 Å². The van der Waals surface area contributed by atoms with Gasteiger partial charge in [0.15, 0.2) is 0 Å². The maximum absolute atomic E-state index is 13.4. The molecule has 0 spiro atoms. The van der Waals surface area contributed by atoms with Crippen LogP contribution in [0, 0.1) is 22.3 Å². The summed E-state index contributed by atoms with van der Waals surface area (Å²) in [7, 11) is 0. The summed E-state index contributed by atoms with van der Waals surface area (Å²) in [6, 6.07) is 14.0. The number of rotatable bonds is 5. The molecule has 35 heavy (non-hydrogen) atoms. The molecular formula is C26H35N7O2. The second-order valence-corrected chi connectivity index (χ2v) is 10.2. The molecule has 2 aromatic carbocycles. The Bertz CT molecular complexity index is 1070. The van der Waals surface area contributed by atoms with Crippen molar-refractivity contribution in [2.75, 3.05) is 11.1 Å². The maximum atomic E-state index is 13.4. The van der Waals surface area contributed by atoms with Crippen molar-refractivity contribution >= 4 is 29.3 Å². The summed E-state index contributed by atoms with van der Waals surface area (Å²) in [5, 5.41) is 15.4. The van der Waals surface area contributed by atoms with Crippen molar-refractivity contribution < 1.29 is 9.59 Å². The Morgan fingerprint density at radius 2 is 1.74 bits per heavy atom. The van der Waals surface area contributed by atoms with Gasteiger partial charge in [-0.3, -0.25) is 15.5 Å². The lowest BCUT2D eigenvalue weighted by Crippen LogP contribution is -2.45. The molecular weight excluding hydrogens is 442 g/mol. The molecule has 0 radical (unpaired) electrons. The van der Waals surface area contributed by atoms with Crippen LogP contribution in [0.5, 0.6) is 0 Å². The average Bonchev–Trinajstić information content (AvgIpc) is 2.82. The molecule has 1 aliphatic rings. The summed E-state index contributed by atoms with van der Waals surface area (Å²) in [4.78, 5) is 27.4. The molecule has 1 aliphatic carbocycles. The van der Waals surface area contributed by atoms with Crippen molar-refractivity contribution in [3.05, 3.63) is 59.7 Å². The minimum Gasteiger partial charge on any atom is -0.399 e. The fraction of sp³-hybridized carbons (Fsp3) is 0.423. The Balaban J connectivity index is 1.76. The standard InChI is InChI=1S/C26H35N7O2/c1-26(2,3)19-11-13-22(14-12-19)33(25(35)30-21-6-4-5-20(27)15-21)16-17-7-9-18(10-8-17)23(34)31-24(28)32-29/h4-10,15,19,22,29H,11-14,16,27H2,1-3H3,(H,30,35)(H2,28,31,34). The van der Waals surface area contributed by atoms with Crippen molar-refractivity contribution in [2.24, 2.45) is 16.4 Å². The fourth-order valence-corrected chi connectivity index (χ4v) is 4.60. The zero-order valence-electron chi connectivity index (χ0n) is 20.6. The third-order valence-electron chi connectivity index (χ3n) is 6.67. The first kappa shape index (κ1) is 25.9. The molecule has 0 aliphatic heterocycles. The van der Waals surface area contributed by atoms with Gasteiger partial charge in [-0.15, -0.1) is 5.11 Å². The largest absolute Gasteiger partial charge is 0.399 e. The molecule has 0 bridgehead atoms. The van der Waals surface area contributed by atoms with Crippen LogP contribution in [0.4, 0.5) is 16.2 Å². The molecule has 1 fully saturated rings. The zero-order chi connectivity index (χ0) is 25.6. The molecule has 1 saturated carbocycles. The Hall–Kier alpha value is -3.75. The van der Waals surface area contributed by atoms with Gasteiger partial charge in [-0.1, -0.05) is 39.0 Å². The Labute approximate surface area is 206 Å². The molecule has 0 heterocycles. The van der Waals surface area contributed by atoms with Crippen LogP contribution in [0.25, 0.3) is 0 Å². The number of nitrogens with two attached hydrogens (primary N) is 1. The van der Waals surface area contributed by atoms with E-state index in [0.717, 1.165) is 31.2 Å². The van der Waals surface area contributed by atoms with Gasteiger partial charge in [0.2, 0.25) is 5.96 Å². The predicted molar refractivity (Wildman–Crippen MR) is 137 cm³/mol. The van der Waals surface area contributed by atoms with Gasteiger partial charge in [0.25, 0.3) is 5.91 Å². The highest BCUT2D eigenvalue weighted by Crippen LogP contribution is 2.39. The average molecular weight is 478 g/mol. The normalized spacial score (nSPS) is 17.8. The van der Waals surface area contributed by atoms with Gasteiger partial charge in [0.05, 0.1) is 0 Å². The highest BCUT2D eigenvalue weighted by atomic mass is 16.2. The van der Waals surface area contributed by atoms with Crippen molar-refractivity contribution in [1.82, 2.24) is 10.2 Å². The van der Waals surface area contributed by atoms with Crippen LogP contribution in [0.1, 0.15) is 62.4 Å². The zero-order valence-corrected chi connectivity index (χ0v) is 20.6. The van der Waals surface area contributed by atoms with E-state index in [1.54, 1.807) is 42.5 Å². The number of nitrogen functional groups attached to an aromatic ring is 1. The van der Waals surface area contributed by atoms with Gasteiger partial charge >= 0.3 is 6.03 Å². The van der Waals surface area contributed by atoms with Crippen molar-refractivity contribution in [2.45, 2.75) is 59.0 Å². The summed E-state index contributed by atoms with van der Waals surface area (Å²) in [6.07, 6.45) is 4.02. The lowest BCUT2D eigenvalue weighted by atomic mass is 9.71. The molecule has 9 nitrogen and oxygen atoms in total. The minimum absolute atomic E-state index is 0.108. The molecule has 0 unspecified atom stereocenters. The number of anilines is 2. The first-order valence-corrected chi connectivity index (χ1v) is 11.9. The highest BCUT2D eigenvalue weighted by molar-refractivity contribution is 6.04. The Morgan fingerprint density at radius 1 is 1.09 bits per heavy atom. The van der Waals surface area contributed by atoms with Crippen molar-refractivity contribution in [3.8, 4) is 0 Å². The van der Waals surface area contributed by atoms with Crippen LogP contribution in [0.3, 0.4) is 0 Å². The molecule has 186 valence electrons. The number of nitrogens with zero attached hydrogens (tertiary/aromatic N) is 2. The van der Waals surface area contributed by atoms with Gasteiger partial charge in [0, 0.05) is 29.5 Å². The van der Waals surface area contributed by atoms with Crippen LogP contribution >= 0.6 is 0 Å². The van der Waals surface area contributed by atoms with Crippen LogP contribution < -0.4 is 16.4 Å². The molecule has 0 atom stereocenters. The van der Waals surface area contributed by atoms with E-state index in [4.69, 9.17) is 16.7 Å². The van der Waals surface area contributed by atoms with Gasteiger partial charge in [-0.2, -0.15) is 0 Å². The molecule has 6 N–H and O–H groups in total. The first-order valence-electron chi connectivity index (χ1n) is 11.9. The number of amides is 3. The summed E-state index contributed by atoms with van der Waals surface area (Å²) in [5.41, 5.74) is 15.4. The molecule has 3 amide bonds. The van der Waals surface area contributed by atoms with E-state index in [2.05, 4.69) is 36.5 Å². The number of benzene rings is 2. The van der Waals surface area contributed by atoms with E-state index in [0.29, 0.717) is 29.4 Å². The molecule has 9 heteroatoms. The topological polar surface area (TPSA) is 148 Å². The minimum atomic E-state index is -0.519. The number of nitrogens with one attached hydrogen (secondary N) is 4. The molecule has 2 aromatic rings. The summed E-state index contributed by atoms with van der Waals surface area (Å²) in [5.74, 6) is -0.395. The summed E-state index contributed by atoms with van der Waals surface area (Å²) >= 11 is 0. The van der Waals surface area contributed by atoms with E-state index < -0.39 is 11.9 Å². The summed E-state index contributed by atoms with van der Waals surface area (Å²) in [6.45, 7) is 7.23. The monoisotopic (exact) mass is 477 g/mol. The summed E-state index contributed by atoms with van der Waals surface area (Å²) < 4.78 is 0. The SMILES string of the molecule is CC(C)(C)C1CCC(N(Cc2ccc(C(=O)NC(=N)N=N)cc2)C(=O)Nc2cccc(N)c2)CC1. The highest BCUT2D eigenvalue weighted by Gasteiger charge is 2.33. The van der Waals surface area contributed by atoms with E-state index >= 15 is 0 Å². The Kier molecular flexibility index (Phi) is 8.22. The van der Waals surface area contributed by atoms with E-state index in [1.807, 2.05) is 11.0 Å². The van der Waals surface area contributed by atoms with Crippen LogP contribution in [-0.4, -0.2) is 28.8 Å². The number of hydrogen-bond acceptors (Lipinski definition) is 5. The van der Waals surface area contributed by atoms with E-state index in [9.17, 15) is 9.59 Å². The van der Waals surface area contributed by atoms with Gasteiger partial charge in [-0.05, 0) is 72.9 Å². The van der Waals surface area contributed by atoms with Crippen molar-refractivity contribution in [1.29, 1.82) is 10.9 Å². The van der Waals surface area contributed by atoms with E-state index in [1.165, 1.54) is 0 Å². The second-order valence-electron chi connectivity index (χ2n) is 10.2. The Morgan fingerprint density at radius 3 is 2.31 bits per heavy atom. The maximum Gasteiger partial charge on any atom is 0.322 e. The number of carbonyl (C=O) groups excluding carboxylic acids is 2.